The fraction of sp³-hybridized carbons (Fsp3) is 0.125. The van der Waals surface area contributed by atoms with Gasteiger partial charge < -0.3 is 9.47 Å². The lowest BCUT2D eigenvalue weighted by Gasteiger charge is -2.18. The largest absolute Gasteiger partial charge is 0.314 e. The number of carbonyl (C=O) groups is 1. The fourth-order valence-corrected chi connectivity index (χ4v) is 3.28. The first-order chi connectivity index (χ1) is 10.6. The van der Waals surface area contributed by atoms with Crippen LogP contribution >= 0.6 is 22.9 Å². The molecule has 22 heavy (non-hydrogen) atoms. The molecule has 0 atom stereocenters. The van der Waals surface area contributed by atoms with Crippen LogP contribution in [0.3, 0.4) is 0 Å². The van der Waals surface area contributed by atoms with Crippen LogP contribution in [0, 0.1) is 5.41 Å². The number of rotatable bonds is 3. The van der Waals surface area contributed by atoms with Crippen molar-refractivity contribution in [2.24, 2.45) is 0 Å². The number of thiazole rings is 1. The molecule has 0 saturated heterocycles. The van der Waals surface area contributed by atoms with E-state index in [-0.39, 0.29) is 12.5 Å². The number of nitrogens with one attached hydrogen (secondary N) is 1. The Morgan fingerprint density at radius 2 is 1.91 bits per heavy atom. The van der Waals surface area contributed by atoms with Gasteiger partial charge in [0.25, 0.3) is 0 Å². The van der Waals surface area contributed by atoms with Gasteiger partial charge in [-0.2, -0.15) is 0 Å². The number of aromatic nitrogens is 1. The van der Waals surface area contributed by atoms with Gasteiger partial charge in [0, 0.05) is 17.8 Å². The zero-order chi connectivity index (χ0) is 15.7. The van der Waals surface area contributed by atoms with Crippen molar-refractivity contribution in [3.8, 4) is 0 Å². The first-order valence-electron chi connectivity index (χ1n) is 6.71. The van der Waals surface area contributed by atoms with E-state index in [2.05, 4.69) is 0 Å². The molecule has 0 spiro atoms. The standard InChI is InChI=1S/C16H14ClN3OS/c1-19(12-8-6-11(17)7-9-12)15(21)10-20-13-4-2-3-5-14(13)22-16(20)18/h2-9,18H,10H2,1H3. The summed E-state index contributed by atoms with van der Waals surface area (Å²) in [6, 6.07) is 14.9. The summed E-state index contributed by atoms with van der Waals surface area (Å²) in [5.74, 6) is -0.0793. The van der Waals surface area contributed by atoms with E-state index in [0.29, 0.717) is 9.82 Å². The molecule has 3 aromatic rings. The molecular weight excluding hydrogens is 318 g/mol. The van der Waals surface area contributed by atoms with Crippen LogP contribution in [0.25, 0.3) is 10.2 Å². The summed E-state index contributed by atoms with van der Waals surface area (Å²) < 4.78 is 2.74. The lowest BCUT2D eigenvalue weighted by molar-refractivity contribution is -0.118. The maximum Gasteiger partial charge on any atom is 0.246 e. The van der Waals surface area contributed by atoms with Crippen LogP contribution in [0.15, 0.2) is 48.5 Å². The Hall–Kier alpha value is -2.11. The third-order valence-corrected chi connectivity index (χ3v) is 4.72. The number of anilines is 1. The van der Waals surface area contributed by atoms with Gasteiger partial charge in [-0.15, -0.1) is 0 Å². The van der Waals surface area contributed by atoms with Crippen molar-refractivity contribution in [1.29, 1.82) is 5.41 Å². The topological polar surface area (TPSA) is 49.1 Å². The average Bonchev–Trinajstić information content (AvgIpc) is 2.83. The van der Waals surface area contributed by atoms with Crippen molar-refractivity contribution < 1.29 is 4.79 Å². The van der Waals surface area contributed by atoms with Gasteiger partial charge in [-0.1, -0.05) is 35.1 Å². The zero-order valence-corrected chi connectivity index (χ0v) is 13.5. The lowest BCUT2D eigenvalue weighted by atomic mass is 10.3. The van der Waals surface area contributed by atoms with Crippen molar-refractivity contribution in [2.45, 2.75) is 6.54 Å². The zero-order valence-electron chi connectivity index (χ0n) is 11.9. The number of fused-ring (bicyclic) bond motifs is 1. The monoisotopic (exact) mass is 331 g/mol. The predicted molar refractivity (Wildman–Crippen MR) is 90.5 cm³/mol. The molecule has 2 aromatic carbocycles. The highest BCUT2D eigenvalue weighted by molar-refractivity contribution is 7.16. The van der Waals surface area contributed by atoms with Gasteiger partial charge in [-0.05, 0) is 36.4 Å². The minimum Gasteiger partial charge on any atom is -0.314 e. The van der Waals surface area contributed by atoms with Crippen molar-refractivity contribution in [2.75, 3.05) is 11.9 Å². The lowest BCUT2D eigenvalue weighted by Crippen LogP contribution is -2.32. The summed E-state index contributed by atoms with van der Waals surface area (Å²) in [5, 5.41) is 8.69. The van der Waals surface area contributed by atoms with E-state index in [0.717, 1.165) is 15.9 Å². The highest BCUT2D eigenvalue weighted by atomic mass is 35.5. The van der Waals surface area contributed by atoms with Gasteiger partial charge in [0.1, 0.15) is 6.54 Å². The molecule has 0 aliphatic heterocycles. The molecule has 1 aromatic heterocycles. The molecule has 3 rings (SSSR count). The first kappa shape index (κ1) is 14.8. The predicted octanol–water partition coefficient (Wildman–Crippen LogP) is 3.50. The molecule has 1 heterocycles. The summed E-state index contributed by atoms with van der Waals surface area (Å²) in [7, 11) is 1.73. The highest BCUT2D eigenvalue weighted by Crippen LogP contribution is 2.19. The van der Waals surface area contributed by atoms with Crippen LogP contribution in [0.1, 0.15) is 0 Å². The molecular formula is C16H14ClN3OS. The summed E-state index contributed by atoms with van der Waals surface area (Å²) in [6.45, 7) is 0.141. The van der Waals surface area contributed by atoms with Crippen LogP contribution in [-0.4, -0.2) is 17.5 Å². The second-order valence-electron chi connectivity index (χ2n) is 4.89. The van der Waals surface area contributed by atoms with Gasteiger partial charge in [-0.3, -0.25) is 10.2 Å². The normalized spacial score (nSPS) is 10.8. The third-order valence-electron chi connectivity index (χ3n) is 3.49. The maximum absolute atomic E-state index is 12.5. The van der Waals surface area contributed by atoms with E-state index in [1.165, 1.54) is 11.3 Å². The Labute approximate surface area is 136 Å². The van der Waals surface area contributed by atoms with Crippen molar-refractivity contribution >= 4 is 44.7 Å². The van der Waals surface area contributed by atoms with Gasteiger partial charge in [0.15, 0.2) is 4.80 Å². The molecule has 112 valence electrons. The molecule has 0 radical (unpaired) electrons. The third kappa shape index (κ3) is 2.77. The van der Waals surface area contributed by atoms with Gasteiger partial charge in [0.05, 0.1) is 10.2 Å². The Balaban J connectivity index is 1.88. The number of para-hydroxylation sites is 1. The molecule has 0 saturated carbocycles. The molecule has 6 heteroatoms. The highest BCUT2D eigenvalue weighted by Gasteiger charge is 2.14. The second-order valence-corrected chi connectivity index (χ2v) is 6.36. The molecule has 1 N–H and O–H groups in total. The molecule has 0 unspecified atom stereocenters. The van der Waals surface area contributed by atoms with Gasteiger partial charge in [0.2, 0.25) is 5.91 Å². The molecule has 0 fully saturated rings. The Morgan fingerprint density at radius 3 is 2.64 bits per heavy atom. The number of amides is 1. The van der Waals surface area contributed by atoms with Crippen LogP contribution in [-0.2, 0) is 11.3 Å². The summed E-state index contributed by atoms with van der Waals surface area (Å²) in [5.41, 5.74) is 1.69. The average molecular weight is 332 g/mol. The summed E-state index contributed by atoms with van der Waals surface area (Å²) >= 11 is 7.24. The van der Waals surface area contributed by atoms with Crippen LogP contribution in [0.4, 0.5) is 5.69 Å². The van der Waals surface area contributed by atoms with E-state index in [1.54, 1.807) is 40.8 Å². The van der Waals surface area contributed by atoms with Gasteiger partial charge in [-0.25, -0.2) is 0 Å². The second kappa shape index (κ2) is 5.94. The minimum absolute atomic E-state index is 0.0793. The van der Waals surface area contributed by atoms with Crippen LogP contribution < -0.4 is 9.70 Å². The Kier molecular flexibility index (Phi) is 4.00. The van der Waals surface area contributed by atoms with Crippen LogP contribution in [0.5, 0.6) is 0 Å². The number of benzene rings is 2. The number of carbonyl (C=O) groups excluding carboxylic acids is 1. The number of hydrogen-bond donors (Lipinski definition) is 1. The summed E-state index contributed by atoms with van der Waals surface area (Å²) in [6.07, 6.45) is 0. The Morgan fingerprint density at radius 1 is 1.23 bits per heavy atom. The van der Waals surface area contributed by atoms with E-state index >= 15 is 0 Å². The van der Waals surface area contributed by atoms with E-state index in [9.17, 15) is 4.79 Å². The number of halogens is 1. The van der Waals surface area contributed by atoms with Crippen molar-refractivity contribution in [1.82, 2.24) is 4.57 Å². The molecule has 0 aliphatic carbocycles. The van der Waals surface area contributed by atoms with E-state index < -0.39 is 0 Å². The first-order valence-corrected chi connectivity index (χ1v) is 7.91. The smallest absolute Gasteiger partial charge is 0.246 e. The fourth-order valence-electron chi connectivity index (χ4n) is 2.24. The van der Waals surface area contributed by atoms with Crippen molar-refractivity contribution in [3.63, 3.8) is 0 Å². The summed E-state index contributed by atoms with van der Waals surface area (Å²) in [4.78, 5) is 14.4. The van der Waals surface area contributed by atoms with Crippen LogP contribution in [0.2, 0.25) is 5.02 Å². The van der Waals surface area contributed by atoms with Crippen molar-refractivity contribution in [3.05, 3.63) is 58.4 Å². The van der Waals surface area contributed by atoms with E-state index in [4.69, 9.17) is 17.0 Å². The van der Waals surface area contributed by atoms with E-state index in [1.807, 2.05) is 24.3 Å². The number of hydrogen-bond acceptors (Lipinski definition) is 3. The SMILES string of the molecule is CN(C(=O)Cn1c(=N)sc2ccccc21)c1ccc(Cl)cc1. The molecule has 0 aliphatic rings. The quantitative estimate of drug-likeness (QED) is 0.784. The maximum atomic E-state index is 12.5. The number of nitrogens with zero attached hydrogens (tertiary/aromatic N) is 2. The Bertz CT molecular complexity index is 882. The molecule has 0 bridgehead atoms. The molecule has 4 nitrogen and oxygen atoms in total. The minimum atomic E-state index is -0.0793. The van der Waals surface area contributed by atoms with Gasteiger partial charge >= 0.3 is 0 Å². The number of likely N-dealkylation sites (N-methyl/N-ethyl adjacent to an activating group) is 1. The molecule has 1 amide bonds.